The molecule has 0 amide bonds. The van der Waals surface area contributed by atoms with E-state index < -0.39 is 0 Å². The molecule has 0 aliphatic heterocycles. The van der Waals surface area contributed by atoms with Crippen molar-refractivity contribution in [2.45, 2.75) is 0 Å². The maximum atomic E-state index is 5.98. The quantitative estimate of drug-likeness (QED) is 0.578. The highest BCUT2D eigenvalue weighted by Gasteiger charge is 2.18. The van der Waals surface area contributed by atoms with Gasteiger partial charge < -0.3 is 18.9 Å². The number of thiophene rings is 2. The standard InChI is InChI=1S/C16H18O4S2/c1-17-5-7-19-13-11-3-9-22-16(11)14(20-8-6-18-2)12-4-10-21-15(12)13/h3-4,9-10H,5-8H2,1-2H3. The Kier molecular flexibility index (Phi) is 5.15. The molecule has 6 heteroatoms. The molecule has 0 saturated heterocycles. The van der Waals surface area contributed by atoms with Gasteiger partial charge >= 0.3 is 0 Å². The minimum Gasteiger partial charge on any atom is -0.489 e. The molecule has 4 nitrogen and oxygen atoms in total. The molecule has 22 heavy (non-hydrogen) atoms. The summed E-state index contributed by atoms with van der Waals surface area (Å²) in [6, 6.07) is 4.18. The minimum absolute atomic E-state index is 0.540. The molecule has 0 N–H and O–H groups in total. The molecule has 2 heterocycles. The Morgan fingerprint density at radius 3 is 1.59 bits per heavy atom. The number of rotatable bonds is 8. The number of ether oxygens (including phenoxy) is 4. The van der Waals surface area contributed by atoms with Crippen molar-refractivity contribution < 1.29 is 18.9 Å². The van der Waals surface area contributed by atoms with Gasteiger partial charge in [0.1, 0.15) is 24.7 Å². The summed E-state index contributed by atoms with van der Waals surface area (Å²) in [6.45, 7) is 2.23. The Balaban J connectivity index is 2.05. The van der Waals surface area contributed by atoms with Crippen LogP contribution in [0.1, 0.15) is 0 Å². The largest absolute Gasteiger partial charge is 0.489 e. The van der Waals surface area contributed by atoms with E-state index in [2.05, 4.69) is 22.9 Å². The smallest absolute Gasteiger partial charge is 0.146 e. The molecule has 0 radical (unpaired) electrons. The van der Waals surface area contributed by atoms with Crippen molar-refractivity contribution in [3.05, 3.63) is 22.9 Å². The first-order chi connectivity index (χ1) is 10.9. The van der Waals surface area contributed by atoms with E-state index in [1.807, 2.05) is 0 Å². The van der Waals surface area contributed by atoms with Crippen LogP contribution in [0.3, 0.4) is 0 Å². The highest BCUT2D eigenvalue weighted by atomic mass is 32.1. The minimum atomic E-state index is 0.540. The van der Waals surface area contributed by atoms with E-state index in [-0.39, 0.29) is 0 Å². The van der Waals surface area contributed by atoms with E-state index in [9.17, 15) is 0 Å². The molecular weight excluding hydrogens is 320 g/mol. The van der Waals surface area contributed by atoms with Crippen molar-refractivity contribution >= 4 is 42.8 Å². The molecule has 3 aromatic rings. The number of fused-ring (bicyclic) bond motifs is 2. The van der Waals surface area contributed by atoms with Gasteiger partial charge in [-0.05, 0) is 22.9 Å². The molecule has 0 atom stereocenters. The maximum Gasteiger partial charge on any atom is 0.146 e. The summed E-state index contributed by atoms with van der Waals surface area (Å²) in [4.78, 5) is 0. The van der Waals surface area contributed by atoms with Crippen LogP contribution >= 0.6 is 22.7 Å². The van der Waals surface area contributed by atoms with Crippen molar-refractivity contribution in [1.82, 2.24) is 0 Å². The van der Waals surface area contributed by atoms with Gasteiger partial charge in [-0.1, -0.05) is 0 Å². The molecule has 0 aliphatic carbocycles. The zero-order valence-electron chi connectivity index (χ0n) is 12.6. The first-order valence-electron chi connectivity index (χ1n) is 7.00. The van der Waals surface area contributed by atoms with Crippen LogP contribution in [0.4, 0.5) is 0 Å². The molecule has 0 saturated carbocycles. The molecule has 0 unspecified atom stereocenters. The Labute approximate surface area is 137 Å². The van der Waals surface area contributed by atoms with Gasteiger partial charge in [0.05, 0.1) is 22.6 Å². The van der Waals surface area contributed by atoms with Crippen LogP contribution < -0.4 is 9.47 Å². The fourth-order valence-electron chi connectivity index (χ4n) is 2.31. The van der Waals surface area contributed by atoms with Crippen molar-refractivity contribution in [3.8, 4) is 11.5 Å². The topological polar surface area (TPSA) is 36.9 Å². The van der Waals surface area contributed by atoms with E-state index >= 15 is 0 Å². The zero-order chi connectivity index (χ0) is 15.4. The summed E-state index contributed by atoms with van der Waals surface area (Å²) in [6.07, 6.45) is 0. The Bertz CT molecular complexity index is 636. The van der Waals surface area contributed by atoms with Gasteiger partial charge in [0.15, 0.2) is 0 Å². The lowest BCUT2D eigenvalue weighted by atomic mass is 10.1. The fraction of sp³-hybridized carbons (Fsp3) is 0.375. The number of hydrogen-bond donors (Lipinski definition) is 0. The van der Waals surface area contributed by atoms with Gasteiger partial charge in [0.2, 0.25) is 0 Å². The van der Waals surface area contributed by atoms with Gasteiger partial charge in [-0.25, -0.2) is 0 Å². The van der Waals surface area contributed by atoms with Crippen molar-refractivity contribution in [2.75, 3.05) is 40.6 Å². The molecule has 0 fully saturated rings. The molecule has 3 rings (SSSR count). The van der Waals surface area contributed by atoms with Crippen LogP contribution in [0.15, 0.2) is 22.9 Å². The molecule has 0 bridgehead atoms. The van der Waals surface area contributed by atoms with Gasteiger partial charge in [-0.2, -0.15) is 0 Å². The van der Waals surface area contributed by atoms with E-state index in [1.54, 1.807) is 36.9 Å². The van der Waals surface area contributed by atoms with Crippen molar-refractivity contribution in [3.63, 3.8) is 0 Å². The van der Waals surface area contributed by atoms with Crippen LogP contribution in [0, 0.1) is 0 Å². The normalized spacial score (nSPS) is 11.4. The second-order valence-electron chi connectivity index (χ2n) is 4.67. The van der Waals surface area contributed by atoms with Gasteiger partial charge in [0, 0.05) is 25.0 Å². The summed E-state index contributed by atoms with van der Waals surface area (Å²) in [7, 11) is 3.36. The Hall–Kier alpha value is -1.34. The predicted molar refractivity (Wildman–Crippen MR) is 92.0 cm³/mol. The highest BCUT2D eigenvalue weighted by molar-refractivity contribution is 7.19. The van der Waals surface area contributed by atoms with Crippen LogP contribution in [0.5, 0.6) is 11.5 Å². The predicted octanol–water partition coefficient (Wildman–Crippen LogP) is 4.17. The number of hydrogen-bond acceptors (Lipinski definition) is 6. The monoisotopic (exact) mass is 338 g/mol. The highest BCUT2D eigenvalue weighted by Crippen LogP contribution is 2.47. The SMILES string of the molecule is COCCOc1c2ccsc2c(OCCOC)c2ccsc12. The molecule has 0 aliphatic rings. The van der Waals surface area contributed by atoms with Crippen molar-refractivity contribution in [1.29, 1.82) is 0 Å². The third kappa shape index (κ3) is 2.92. The molecule has 1 aromatic carbocycles. The average Bonchev–Trinajstić information content (AvgIpc) is 3.18. The van der Waals surface area contributed by atoms with Crippen LogP contribution in [0.2, 0.25) is 0 Å². The summed E-state index contributed by atoms with van der Waals surface area (Å²) in [5.74, 6) is 1.86. The lowest BCUT2D eigenvalue weighted by Crippen LogP contribution is -2.06. The summed E-state index contributed by atoms with van der Waals surface area (Å²) in [5.41, 5.74) is 0. The van der Waals surface area contributed by atoms with Crippen LogP contribution in [-0.4, -0.2) is 40.6 Å². The second-order valence-corrected chi connectivity index (χ2v) is 6.50. The van der Waals surface area contributed by atoms with Gasteiger partial charge in [-0.15, -0.1) is 22.7 Å². The average molecular weight is 338 g/mol. The maximum absolute atomic E-state index is 5.98. The lowest BCUT2D eigenvalue weighted by molar-refractivity contribution is 0.147. The number of methoxy groups -OCH3 is 2. The zero-order valence-corrected chi connectivity index (χ0v) is 14.2. The molecular formula is C16H18O4S2. The van der Waals surface area contributed by atoms with E-state index in [4.69, 9.17) is 18.9 Å². The summed E-state index contributed by atoms with van der Waals surface area (Å²) >= 11 is 3.34. The lowest BCUT2D eigenvalue weighted by Gasteiger charge is -2.13. The first-order valence-corrected chi connectivity index (χ1v) is 8.76. The van der Waals surface area contributed by atoms with Crippen molar-refractivity contribution in [2.24, 2.45) is 0 Å². The van der Waals surface area contributed by atoms with Crippen LogP contribution in [0.25, 0.3) is 20.2 Å². The van der Waals surface area contributed by atoms with E-state index in [0.29, 0.717) is 26.4 Å². The Morgan fingerprint density at radius 1 is 0.727 bits per heavy atom. The molecule has 118 valence electrons. The van der Waals surface area contributed by atoms with Crippen LogP contribution in [-0.2, 0) is 9.47 Å². The number of benzene rings is 1. The van der Waals surface area contributed by atoms with Gasteiger partial charge in [0.25, 0.3) is 0 Å². The fourth-order valence-corrected chi connectivity index (χ4v) is 4.12. The summed E-state index contributed by atoms with van der Waals surface area (Å²) in [5, 5.41) is 6.34. The molecule has 2 aromatic heterocycles. The van der Waals surface area contributed by atoms with E-state index in [1.165, 1.54) is 0 Å². The Morgan fingerprint density at radius 2 is 1.18 bits per heavy atom. The second kappa shape index (κ2) is 7.28. The van der Waals surface area contributed by atoms with Gasteiger partial charge in [-0.3, -0.25) is 0 Å². The summed E-state index contributed by atoms with van der Waals surface area (Å²) < 4.78 is 24.4. The third-order valence-corrected chi connectivity index (χ3v) is 5.13. The van der Waals surface area contributed by atoms with E-state index in [0.717, 1.165) is 31.7 Å². The molecule has 0 spiro atoms. The third-order valence-electron chi connectivity index (χ3n) is 3.30. The first kappa shape index (κ1) is 15.6.